The zero-order valence-electron chi connectivity index (χ0n) is 35.9. The quantitative estimate of drug-likeness (QED) is 0.0240. The molecule has 0 aromatic heterocycles. The molecule has 55 heavy (non-hydrogen) atoms. The molecule has 0 aliphatic rings. The summed E-state index contributed by atoms with van der Waals surface area (Å²) in [6.45, 7) is 3.58. The zero-order valence-corrected chi connectivity index (χ0v) is 36.8. The Kier molecular flexibility index (Phi) is 41.4. The number of hydrogen-bond donors (Lipinski definition) is 3. The lowest BCUT2D eigenvalue weighted by Gasteiger charge is -2.15. The van der Waals surface area contributed by atoms with Gasteiger partial charge in [0.15, 0.2) is 0 Å². The van der Waals surface area contributed by atoms with E-state index in [1.54, 1.807) is 0 Å². The number of aliphatic hydroxyl groups excluding tert-OH is 1. The maximum Gasteiger partial charge on any atom is 0.472 e. The highest BCUT2D eigenvalue weighted by atomic mass is 31.2. The summed E-state index contributed by atoms with van der Waals surface area (Å²) >= 11 is 0. The minimum absolute atomic E-state index is 0.0808. The van der Waals surface area contributed by atoms with E-state index in [1.807, 2.05) is 0 Å². The predicted molar refractivity (Wildman–Crippen MR) is 229 cm³/mol. The maximum absolute atomic E-state index is 12.1. The molecule has 9 nitrogen and oxygen atoms in total. The van der Waals surface area contributed by atoms with Gasteiger partial charge in [-0.1, -0.05) is 193 Å². The van der Waals surface area contributed by atoms with E-state index in [4.69, 9.17) is 13.8 Å². The Morgan fingerprint density at radius 1 is 0.545 bits per heavy atom. The molecule has 0 saturated carbocycles. The third-order valence-corrected chi connectivity index (χ3v) is 11.2. The van der Waals surface area contributed by atoms with E-state index in [-0.39, 0.29) is 32.1 Å². The molecule has 2 atom stereocenters. The first kappa shape index (κ1) is 53.8. The van der Waals surface area contributed by atoms with Crippen molar-refractivity contribution in [3.63, 3.8) is 0 Å². The van der Waals surface area contributed by atoms with Crippen molar-refractivity contribution >= 4 is 19.7 Å². The smallest absolute Gasteiger partial charge is 0.463 e. The Bertz CT molecular complexity index is 917. The molecule has 326 valence electrons. The molecule has 0 fully saturated rings. The number of allylic oxidation sites excluding steroid dienone is 2. The van der Waals surface area contributed by atoms with Gasteiger partial charge in [-0.25, -0.2) is 4.57 Å². The fourth-order valence-corrected chi connectivity index (χ4v) is 7.43. The van der Waals surface area contributed by atoms with Crippen molar-refractivity contribution in [3.05, 3.63) is 12.2 Å². The summed E-state index contributed by atoms with van der Waals surface area (Å²) in [7, 11) is -4.41. The van der Waals surface area contributed by atoms with Crippen LogP contribution in [0.25, 0.3) is 0 Å². The molecule has 2 unspecified atom stereocenters. The van der Waals surface area contributed by atoms with Gasteiger partial charge in [0.25, 0.3) is 0 Å². The van der Waals surface area contributed by atoms with Crippen LogP contribution in [0.5, 0.6) is 0 Å². The molecule has 1 amide bonds. The number of ether oxygens (including phenoxy) is 1. The van der Waals surface area contributed by atoms with Crippen molar-refractivity contribution in [3.8, 4) is 0 Å². The molecule has 10 heteroatoms. The molecule has 0 aromatic rings. The van der Waals surface area contributed by atoms with Crippen LogP contribution in [0.2, 0.25) is 0 Å². The van der Waals surface area contributed by atoms with Crippen molar-refractivity contribution in [1.82, 2.24) is 5.32 Å². The number of rotatable bonds is 44. The van der Waals surface area contributed by atoms with Gasteiger partial charge in [0.05, 0.1) is 13.2 Å². The number of unbranched alkanes of at least 4 members (excludes halogenated alkanes) is 29. The summed E-state index contributed by atoms with van der Waals surface area (Å²) < 4.78 is 26.9. The van der Waals surface area contributed by atoms with Crippen LogP contribution in [0.3, 0.4) is 0 Å². The highest BCUT2D eigenvalue weighted by Crippen LogP contribution is 2.42. The molecule has 3 N–H and O–H groups in total. The number of aliphatic hydroxyl groups is 1. The first-order valence-corrected chi connectivity index (χ1v) is 24.7. The van der Waals surface area contributed by atoms with Crippen molar-refractivity contribution < 1.29 is 37.9 Å². The van der Waals surface area contributed by atoms with E-state index in [2.05, 4.69) is 31.3 Å². The van der Waals surface area contributed by atoms with Crippen molar-refractivity contribution in [1.29, 1.82) is 0 Å². The van der Waals surface area contributed by atoms with Gasteiger partial charge in [0, 0.05) is 19.4 Å². The van der Waals surface area contributed by atoms with Crippen LogP contribution in [-0.4, -0.2) is 54.3 Å². The first-order valence-electron chi connectivity index (χ1n) is 23.2. The van der Waals surface area contributed by atoms with Gasteiger partial charge in [-0.05, 0) is 38.5 Å². The van der Waals surface area contributed by atoms with Gasteiger partial charge >= 0.3 is 13.8 Å². The molecule has 0 rings (SSSR count). The molecular formula is C45H88NO8P. The average molecular weight is 802 g/mol. The van der Waals surface area contributed by atoms with Crippen molar-refractivity contribution in [2.24, 2.45) is 0 Å². The van der Waals surface area contributed by atoms with E-state index in [0.29, 0.717) is 6.42 Å². The van der Waals surface area contributed by atoms with Gasteiger partial charge in [-0.2, -0.15) is 0 Å². The van der Waals surface area contributed by atoms with Crippen molar-refractivity contribution in [2.45, 2.75) is 238 Å². The highest BCUT2D eigenvalue weighted by molar-refractivity contribution is 7.47. The van der Waals surface area contributed by atoms with E-state index in [9.17, 15) is 24.2 Å². The van der Waals surface area contributed by atoms with Crippen molar-refractivity contribution in [2.75, 3.05) is 26.4 Å². The van der Waals surface area contributed by atoms with Gasteiger partial charge in [-0.3, -0.25) is 18.6 Å². The van der Waals surface area contributed by atoms with E-state index in [1.165, 1.54) is 161 Å². The Balaban J connectivity index is 3.55. The lowest BCUT2D eigenvalue weighted by Crippen LogP contribution is -2.27. The lowest BCUT2D eigenvalue weighted by molar-refractivity contribution is -0.147. The fraction of sp³-hybridized carbons (Fsp3) is 0.911. The maximum atomic E-state index is 12.1. The molecule has 0 saturated heterocycles. The van der Waals surface area contributed by atoms with Gasteiger partial charge in [0.2, 0.25) is 5.91 Å². The van der Waals surface area contributed by atoms with Crippen LogP contribution in [0, 0.1) is 0 Å². The van der Waals surface area contributed by atoms with Crippen LogP contribution < -0.4 is 5.32 Å². The largest absolute Gasteiger partial charge is 0.472 e. The topological polar surface area (TPSA) is 131 Å². The molecule has 0 bridgehead atoms. The summed E-state index contributed by atoms with van der Waals surface area (Å²) in [4.78, 5) is 33.9. The second-order valence-electron chi connectivity index (χ2n) is 15.7. The van der Waals surface area contributed by atoms with Crippen LogP contribution in [0.4, 0.5) is 0 Å². The van der Waals surface area contributed by atoms with E-state index in [0.717, 1.165) is 44.9 Å². The zero-order chi connectivity index (χ0) is 40.3. The Hall–Kier alpha value is -1.25. The number of carbonyl (C=O) groups is 2. The van der Waals surface area contributed by atoms with Gasteiger partial charge in [-0.15, -0.1) is 0 Å². The van der Waals surface area contributed by atoms with Crippen LogP contribution >= 0.6 is 7.82 Å². The second kappa shape index (κ2) is 42.4. The highest BCUT2D eigenvalue weighted by Gasteiger charge is 2.23. The third-order valence-electron chi connectivity index (χ3n) is 10.2. The Morgan fingerprint density at radius 2 is 0.927 bits per heavy atom. The molecule has 0 spiro atoms. The number of amides is 1. The van der Waals surface area contributed by atoms with Crippen LogP contribution in [0.1, 0.15) is 232 Å². The molecule has 0 radical (unpaired) electrons. The van der Waals surface area contributed by atoms with Crippen LogP contribution in [-0.2, 0) is 27.9 Å². The summed E-state index contributed by atoms with van der Waals surface area (Å²) in [6.07, 6.45) is 44.3. The third kappa shape index (κ3) is 43.7. The van der Waals surface area contributed by atoms with Crippen LogP contribution in [0.15, 0.2) is 12.2 Å². The number of phosphoric acid groups is 1. The molecule has 0 aromatic carbocycles. The number of carbonyl (C=O) groups excluding carboxylic acids is 2. The number of nitrogens with one attached hydrogen (secondary N) is 1. The fourth-order valence-electron chi connectivity index (χ4n) is 6.67. The predicted octanol–water partition coefficient (Wildman–Crippen LogP) is 13.0. The summed E-state index contributed by atoms with van der Waals surface area (Å²) in [5.74, 6) is -0.514. The Morgan fingerprint density at radius 3 is 1.36 bits per heavy atom. The average Bonchev–Trinajstić information content (AvgIpc) is 3.17. The Labute approximate surface area is 338 Å². The first-order chi connectivity index (χ1) is 26.8. The molecule has 0 aliphatic heterocycles. The standard InChI is InChI=1S/C45H88NO8P/c1-3-5-7-9-11-13-15-17-19-20-21-22-24-26-28-30-32-34-36-38-45(49)52-41-43(47)42-54-55(50,51)53-40-39-46-44(48)37-35-33-31-29-27-25-23-18-16-14-12-10-8-6-4-2/h18,23,43,47H,3-17,19-22,24-42H2,1-2H3,(H,46,48)(H,50,51)/b23-18-. The minimum Gasteiger partial charge on any atom is -0.463 e. The summed E-state index contributed by atoms with van der Waals surface area (Å²) in [5, 5.41) is 12.7. The SMILES string of the molecule is CCCCCCCC/C=C\CCCCCCCC(=O)NCCOP(=O)(O)OCC(O)COC(=O)CCCCCCCCCCCCCCCCCCCCC. The minimum atomic E-state index is -4.41. The van der Waals surface area contributed by atoms with Gasteiger partial charge < -0.3 is 20.1 Å². The lowest BCUT2D eigenvalue weighted by atomic mass is 10.0. The number of esters is 1. The van der Waals surface area contributed by atoms with E-state index < -0.39 is 26.5 Å². The number of hydrogen-bond acceptors (Lipinski definition) is 7. The molecule has 0 heterocycles. The second-order valence-corrected chi connectivity index (χ2v) is 17.2. The number of phosphoric ester groups is 1. The summed E-state index contributed by atoms with van der Waals surface area (Å²) in [6, 6.07) is 0. The molecular weight excluding hydrogens is 713 g/mol. The molecule has 0 aliphatic carbocycles. The summed E-state index contributed by atoms with van der Waals surface area (Å²) in [5.41, 5.74) is 0. The monoisotopic (exact) mass is 802 g/mol. The van der Waals surface area contributed by atoms with Gasteiger partial charge in [0.1, 0.15) is 12.7 Å². The normalized spacial score (nSPS) is 13.3. The van der Waals surface area contributed by atoms with E-state index >= 15 is 0 Å².